The molecule has 0 amide bonds. The first-order chi connectivity index (χ1) is 6.95. The Morgan fingerprint density at radius 1 is 1.33 bits per heavy atom. The molecule has 15 heavy (non-hydrogen) atoms. The zero-order valence-corrected chi connectivity index (χ0v) is 9.82. The molecule has 0 aromatic rings. The smallest absolute Gasteiger partial charge is 0.116 e. The second-order valence-electron chi connectivity index (χ2n) is 4.66. The number of likely N-dealkylation sites (N-methyl/N-ethyl adjacent to an activating group) is 1. The zero-order chi connectivity index (χ0) is 11.5. The van der Waals surface area contributed by atoms with Crippen LogP contribution in [0.5, 0.6) is 0 Å². The topological polar surface area (TPSA) is 56.3 Å². The fourth-order valence-corrected chi connectivity index (χ4v) is 1.89. The molecule has 2 N–H and O–H groups in total. The molecule has 1 aliphatic rings. The van der Waals surface area contributed by atoms with Gasteiger partial charge in [0, 0.05) is 31.7 Å². The fourth-order valence-electron chi connectivity index (χ4n) is 1.89. The Hall–Kier alpha value is -1.05. The molecular formula is C11H20N4. The lowest BCUT2D eigenvalue weighted by atomic mass is 10.00. The van der Waals surface area contributed by atoms with Crippen molar-refractivity contribution in [3.05, 3.63) is 11.8 Å². The quantitative estimate of drug-likeness (QED) is 0.667. The van der Waals surface area contributed by atoms with E-state index in [1.165, 1.54) is 0 Å². The first kappa shape index (κ1) is 12.0. The highest BCUT2D eigenvalue weighted by Gasteiger charge is 2.27. The van der Waals surface area contributed by atoms with Crippen LogP contribution in [0, 0.1) is 11.3 Å². The molecule has 0 atom stereocenters. The second-order valence-corrected chi connectivity index (χ2v) is 4.66. The van der Waals surface area contributed by atoms with Gasteiger partial charge in [0.2, 0.25) is 0 Å². The summed E-state index contributed by atoms with van der Waals surface area (Å²) in [6, 6.07) is 1.97. The molecule has 1 heterocycles. The van der Waals surface area contributed by atoms with E-state index in [0.29, 0.717) is 5.70 Å². The molecule has 1 aliphatic heterocycles. The van der Waals surface area contributed by atoms with Gasteiger partial charge in [0.05, 0.1) is 0 Å². The molecule has 4 nitrogen and oxygen atoms in total. The molecule has 0 spiro atoms. The Labute approximate surface area is 91.9 Å². The van der Waals surface area contributed by atoms with Gasteiger partial charge in [0.1, 0.15) is 11.8 Å². The van der Waals surface area contributed by atoms with Crippen molar-refractivity contribution < 1.29 is 0 Å². The summed E-state index contributed by atoms with van der Waals surface area (Å²) in [7, 11) is 2.13. The van der Waals surface area contributed by atoms with Crippen LogP contribution in [-0.2, 0) is 0 Å². The normalized spacial score (nSPS) is 21.3. The Balaban J connectivity index is 2.66. The van der Waals surface area contributed by atoms with Crippen molar-refractivity contribution in [3.8, 4) is 6.07 Å². The van der Waals surface area contributed by atoms with E-state index < -0.39 is 0 Å². The first-order valence-electron chi connectivity index (χ1n) is 5.28. The fraction of sp³-hybridized carbons (Fsp3) is 0.727. The number of hydrogen-bond acceptors (Lipinski definition) is 4. The third kappa shape index (κ3) is 3.22. The summed E-state index contributed by atoms with van der Waals surface area (Å²) in [6.45, 7) is 8.40. The maximum Gasteiger partial charge on any atom is 0.116 e. The van der Waals surface area contributed by atoms with Gasteiger partial charge < -0.3 is 10.6 Å². The van der Waals surface area contributed by atoms with Crippen LogP contribution >= 0.6 is 0 Å². The van der Waals surface area contributed by atoms with Crippen molar-refractivity contribution in [2.24, 2.45) is 5.73 Å². The maximum absolute atomic E-state index is 8.67. The van der Waals surface area contributed by atoms with Crippen LogP contribution in [0.3, 0.4) is 0 Å². The van der Waals surface area contributed by atoms with Gasteiger partial charge in [0.25, 0.3) is 0 Å². The lowest BCUT2D eigenvalue weighted by molar-refractivity contribution is 0.0892. The van der Waals surface area contributed by atoms with Crippen LogP contribution in [0.15, 0.2) is 11.8 Å². The molecular weight excluding hydrogens is 188 g/mol. The SMILES string of the molecule is CN1CCN(C(C)(C)/C=C(/N)C#N)CC1. The summed E-state index contributed by atoms with van der Waals surface area (Å²) in [6.07, 6.45) is 1.85. The minimum Gasteiger partial charge on any atom is -0.390 e. The summed E-state index contributed by atoms with van der Waals surface area (Å²) in [5.74, 6) is 0. The van der Waals surface area contributed by atoms with Crippen molar-refractivity contribution in [1.29, 1.82) is 5.26 Å². The van der Waals surface area contributed by atoms with E-state index in [9.17, 15) is 0 Å². The number of allylic oxidation sites excluding steroid dienone is 1. The summed E-state index contributed by atoms with van der Waals surface area (Å²) in [4.78, 5) is 4.67. The highest BCUT2D eigenvalue weighted by atomic mass is 15.3. The Morgan fingerprint density at radius 2 is 1.87 bits per heavy atom. The highest BCUT2D eigenvalue weighted by molar-refractivity contribution is 5.21. The lowest BCUT2D eigenvalue weighted by Crippen LogP contribution is -2.53. The van der Waals surface area contributed by atoms with Crippen LogP contribution in [0.2, 0.25) is 0 Å². The lowest BCUT2D eigenvalue weighted by Gasteiger charge is -2.41. The van der Waals surface area contributed by atoms with Crippen LogP contribution in [0.25, 0.3) is 0 Å². The average molecular weight is 208 g/mol. The molecule has 0 aromatic heterocycles. The average Bonchev–Trinajstić information content (AvgIpc) is 2.17. The van der Waals surface area contributed by atoms with Gasteiger partial charge in [-0.05, 0) is 27.0 Å². The van der Waals surface area contributed by atoms with Gasteiger partial charge in [-0.15, -0.1) is 0 Å². The van der Waals surface area contributed by atoms with E-state index in [0.717, 1.165) is 26.2 Å². The van der Waals surface area contributed by atoms with E-state index in [1.807, 2.05) is 12.1 Å². The predicted octanol–water partition coefficient (Wildman–Crippen LogP) is 0.379. The molecule has 0 unspecified atom stereocenters. The van der Waals surface area contributed by atoms with Crippen molar-refractivity contribution in [2.45, 2.75) is 19.4 Å². The van der Waals surface area contributed by atoms with E-state index in [-0.39, 0.29) is 5.54 Å². The molecule has 0 aliphatic carbocycles. The van der Waals surface area contributed by atoms with Gasteiger partial charge in [-0.3, -0.25) is 4.90 Å². The minimum atomic E-state index is -0.124. The largest absolute Gasteiger partial charge is 0.390 e. The Bertz CT molecular complexity index is 279. The minimum absolute atomic E-state index is 0.124. The van der Waals surface area contributed by atoms with Gasteiger partial charge in [-0.1, -0.05) is 0 Å². The monoisotopic (exact) mass is 208 g/mol. The molecule has 0 aromatic carbocycles. The third-order valence-electron chi connectivity index (χ3n) is 2.96. The molecule has 1 rings (SSSR count). The Morgan fingerprint density at radius 3 is 2.33 bits per heavy atom. The Kier molecular flexibility index (Phi) is 3.72. The number of nitriles is 1. The second kappa shape index (κ2) is 4.65. The molecule has 84 valence electrons. The third-order valence-corrected chi connectivity index (χ3v) is 2.96. The molecule has 1 saturated heterocycles. The van der Waals surface area contributed by atoms with Crippen molar-refractivity contribution in [1.82, 2.24) is 9.80 Å². The van der Waals surface area contributed by atoms with Gasteiger partial charge in [-0.2, -0.15) is 5.26 Å². The van der Waals surface area contributed by atoms with Crippen LogP contribution in [0.1, 0.15) is 13.8 Å². The van der Waals surface area contributed by atoms with Crippen molar-refractivity contribution in [3.63, 3.8) is 0 Å². The summed E-state index contributed by atoms with van der Waals surface area (Å²) >= 11 is 0. The van der Waals surface area contributed by atoms with Crippen molar-refractivity contribution >= 4 is 0 Å². The number of piperazine rings is 1. The maximum atomic E-state index is 8.67. The van der Waals surface area contributed by atoms with E-state index in [1.54, 1.807) is 0 Å². The molecule has 0 radical (unpaired) electrons. The van der Waals surface area contributed by atoms with Crippen molar-refractivity contribution in [2.75, 3.05) is 33.2 Å². The predicted molar refractivity (Wildman–Crippen MR) is 61.0 cm³/mol. The number of nitrogens with zero attached hydrogens (tertiary/aromatic N) is 3. The van der Waals surface area contributed by atoms with E-state index >= 15 is 0 Å². The standard InChI is InChI=1S/C11H20N4/c1-11(2,8-10(13)9-12)15-6-4-14(3)5-7-15/h8H,4-7,13H2,1-3H3/b10-8+. The van der Waals surface area contributed by atoms with E-state index in [2.05, 4.69) is 30.7 Å². The molecule has 0 saturated carbocycles. The number of hydrogen-bond donors (Lipinski definition) is 1. The number of nitrogens with two attached hydrogens (primary N) is 1. The van der Waals surface area contributed by atoms with Gasteiger partial charge in [-0.25, -0.2) is 0 Å². The van der Waals surface area contributed by atoms with Gasteiger partial charge >= 0.3 is 0 Å². The van der Waals surface area contributed by atoms with Crippen LogP contribution in [-0.4, -0.2) is 48.6 Å². The van der Waals surface area contributed by atoms with Crippen LogP contribution < -0.4 is 5.73 Å². The molecule has 1 fully saturated rings. The summed E-state index contributed by atoms with van der Waals surface area (Å²) < 4.78 is 0. The van der Waals surface area contributed by atoms with Crippen LogP contribution in [0.4, 0.5) is 0 Å². The van der Waals surface area contributed by atoms with E-state index in [4.69, 9.17) is 11.0 Å². The molecule has 0 bridgehead atoms. The summed E-state index contributed by atoms with van der Waals surface area (Å²) in [5.41, 5.74) is 5.74. The highest BCUT2D eigenvalue weighted by Crippen LogP contribution is 2.18. The van der Waals surface area contributed by atoms with Gasteiger partial charge in [0.15, 0.2) is 0 Å². The number of rotatable bonds is 2. The molecule has 4 heteroatoms. The first-order valence-corrected chi connectivity index (χ1v) is 5.28. The summed E-state index contributed by atoms with van der Waals surface area (Å²) in [5, 5.41) is 8.67. The zero-order valence-electron chi connectivity index (χ0n) is 9.82.